The lowest BCUT2D eigenvalue weighted by Gasteiger charge is -2.08. The predicted octanol–water partition coefficient (Wildman–Crippen LogP) is 6.21. The Hall–Kier alpha value is -3.78. The van der Waals surface area contributed by atoms with E-state index in [1.54, 1.807) is 17.7 Å². The molecule has 0 atom stereocenters. The zero-order chi connectivity index (χ0) is 23.8. The fraction of sp³-hybridized carbons (Fsp3) is 0.192. The number of thiophene rings is 1. The van der Waals surface area contributed by atoms with Crippen LogP contribution < -0.4 is 10.6 Å². The number of rotatable bonds is 6. The van der Waals surface area contributed by atoms with Crippen LogP contribution in [-0.4, -0.2) is 27.4 Å². The summed E-state index contributed by atoms with van der Waals surface area (Å²) in [5.74, 6) is 0.447. The Balaban J connectivity index is 1.39. The third-order valence-corrected chi connectivity index (χ3v) is 7.06. The van der Waals surface area contributed by atoms with Crippen LogP contribution in [0, 0.1) is 19.7 Å². The second-order valence-electron chi connectivity index (χ2n) is 8.33. The molecule has 0 fully saturated rings. The number of aryl methyl sites for hydroxylation is 2. The number of aromatic amines is 1. The summed E-state index contributed by atoms with van der Waals surface area (Å²) in [5, 5.41) is 7.24. The number of aromatic nitrogens is 3. The molecular formula is C26H24FN5OS. The second kappa shape index (κ2) is 8.87. The van der Waals surface area contributed by atoms with Crippen molar-refractivity contribution in [2.24, 2.45) is 0 Å². The molecule has 3 N–H and O–H groups in total. The Morgan fingerprint density at radius 1 is 1.15 bits per heavy atom. The van der Waals surface area contributed by atoms with E-state index >= 15 is 0 Å². The summed E-state index contributed by atoms with van der Waals surface area (Å²) in [6.07, 6.45) is 2.30. The molecule has 1 amide bonds. The van der Waals surface area contributed by atoms with Crippen molar-refractivity contribution in [2.75, 3.05) is 17.2 Å². The summed E-state index contributed by atoms with van der Waals surface area (Å²) in [5.41, 5.74) is 6.36. The minimum absolute atomic E-state index is 0.103. The fourth-order valence-corrected chi connectivity index (χ4v) is 5.41. The van der Waals surface area contributed by atoms with Crippen LogP contribution in [0.1, 0.15) is 23.7 Å². The molecular weight excluding hydrogens is 449 g/mol. The third kappa shape index (κ3) is 4.12. The zero-order valence-corrected chi connectivity index (χ0v) is 19.9. The molecule has 2 aromatic carbocycles. The molecule has 0 saturated heterocycles. The number of fused-ring (bicyclic) bond motifs is 2. The van der Waals surface area contributed by atoms with Gasteiger partial charge in [-0.25, -0.2) is 14.4 Å². The topological polar surface area (TPSA) is 82.7 Å². The maximum atomic E-state index is 14.3. The molecule has 3 heterocycles. The van der Waals surface area contributed by atoms with E-state index in [1.807, 2.05) is 50.2 Å². The summed E-state index contributed by atoms with van der Waals surface area (Å²) in [7, 11) is 0. The minimum atomic E-state index is -0.228. The first-order chi connectivity index (χ1) is 16.4. The van der Waals surface area contributed by atoms with Gasteiger partial charge in [-0.05, 0) is 61.2 Å². The van der Waals surface area contributed by atoms with Crippen molar-refractivity contribution >= 4 is 49.9 Å². The lowest BCUT2D eigenvalue weighted by atomic mass is 10.0. The molecule has 8 heteroatoms. The van der Waals surface area contributed by atoms with Gasteiger partial charge < -0.3 is 15.6 Å². The van der Waals surface area contributed by atoms with Gasteiger partial charge in [0.15, 0.2) is 0 Å². The molecule has 0 aliphatic heterocycles. The number of carbonyl (C=O) groups excluding carboxylic acids is 1. The molecule has 34 heavy (non-hydrogen) atoms. The number of carbonyl (C=O) groups is 1. The number of nitrogens with one attached hydrogen (secondary N) is 3. The molecule has 3 aromatic heterocycles. The Bertz CT molecular complexity index is 1540. The van der Waals surface area contributed by atoms with Gasteiger partial charge in [0.2, 0.25) is 5.91 Å². The van der Waals surface area contributed by atoms with E-state index in [9.17, 15) is 9.18 Å². The van der Waals surface area contributed by atoms with E-state index in [-0.39, 0.29) is 11.7 Å². The van der Waals surface area contributed by atoms with E-state index < -0.39 is 0 Å². The van der Waals surface area contributed by atoms with E-state index in [0.29, 0.717) is 12.1 Å². The number of halogens is 1. The quantitative estimate of drug-likeness (QED) is 0.274. The first-order valence-corrected chi connectivity index (χ1v) is 11.8. The lowest BCUT2D eigenvalue weighted by molar-refractivity contribution is -0.114. The predicted molar refractivity (Wildman–Crippen MR) is 137 cm³/mol. The Morgan fingerprint density at radius 2 is 2.00 bits per heavy atom. The highest BCUT2D eigenvalue weighted by Gasteiger charge is 2.15. The van der Waals surface area contributed by atoms with Crippen LogP contribution in [0.4, 0.5) is 15.9 Å². The number of hydrogen-bond acceptors (Lipinski definition) is 5. The first kappa shape index (κ1) is 22.0. The SMILES string of the molecule is CC(=O)Nc1cccc(-c2cc3ncnc(NCCc4c(C)[nH]c5c(F)ccc(C)c45)c3s2)c1. The molecule has 0 saturated carbocycles. The Morgan fingerprint density at radius 3 is 2.82 bits per heavy atom. The molecule has 0 spiro atoms. The van der Waals surface area contributed by atoms with Crippen molar-refractivity contribution in [3.8, 4) is 10.4 Å². The van der Waals surface area contributed by atoms with E-state index in [4.69, 9.17) is 0 Å². The average molecular weight is 474 g/mol. The van der Waals surface area contributed by atoms with Crippen LogP contribution in [-0.2, 0) is 11.2 Å². The molecule has 0 aliphatic carbocycles. The highest BCUT2D eigenvalue weighted by Crippen LogP contribution is 2.36. The summed E-state index contributed by atoms with van der Waals surface area (Å²) in [6.45, 7) is 6.14. The van der Waals surface area contributed by atoms with Gasteiger partial charge in [-0.15, -0.1) is 11.3 Å². The van der Waals surface area contributed by atoms with Gasteiger partial charge in [-0.3, -0.25) is 4.79 Å². The van der Waals surface area contributed by atoms with Crippen LogP contribution in [0.2, 0.25) is 0 Å². The number of H-pyrrole nitrogens is 1. The Labute approximate surface area is 200 Å². The molecule has 6 nitrogen and oxygen atoms in total. The molecule has 0 unspecified atom stereocenters. The standard InChI is InChI=1S/C26H24FN5OS/c1-14-7-8-20(27)24-23(14)19(15(2)31-24)9-10-28-26-25-21(29-13-30-26)12-22(34-25)17-5-4-6-18(11-17)32-16(3)33/h4-8,11-13,31H,9-10H2,1-3H3,(H,32,33)(H,28,29,30). The molecule has 5 aromatic rings. The normalized spacial score (nSPS) is 11.3. The first-order valence-electron chi connectivity index (χ1n) is 11.0. The van der Waals surface area contributed by atoms with Crippen molar-refractivity contribution in [3.63, 3.8) is 0 Å². The molecule has 0 bridgehead atoms. The van der Waals surface area contributed by atoms with Crippen LogP contribution in [0.5, 0.6) is 0 Å². The van der Waals surface area contributed by atoms with Crippen LogP contribution >= 0.6 is 11.3 Å². The highest BCUT2D eigenvalue weighted by atomic mass is 32.1. The van der Waals surface area contributed by atoms with Crippen molar-refractivity contribution in [3.05, 3.63) is 71.4 Å². The second-order valence-corrected chi connectivity index (χ2v) is 9.38. The molecule has 0 aliphatic rings. The zero-order valence-electron chi connectivity index (χ0n) is 19.1. The molecule has 172 valence electrons. The van der Waals surface area contributed by atoms with Gasteiger partial charge >= 0.3 is 0 Å². The van der Waals surface area contributed by atoms with Crippen molar-refractivity contribution in [1.29, 1.82) is 0 Å². The third-order valence-electron chi connectivity index (χ3n) is 5.88. The van der Waals surface area contributed by atoms with Gasteiger partial charge in [-0.1, -0.05) is 18.2 Å². The number of anilines is 2. The summed E-state index contributed by atoms with van der Waals surface area (Å²) in [4.78, 5) is 24.6. The molecule has 0 radical (unpaired) electrons. The van der Waals surface area contributed by atoms with Gasteiger partial charge in [0.25, 0.3) is 0 Å². The Kier molecular flexibility index (Phi) is 5.75. The van der Waals surface area contributed by atoms with E-state index in [1.165, 1.54) is 13.0 Å². The smallest absolute Gasteiger partial charge is 0.221 e. The lowest BCUT2D eigenvalue weighted by Crippen LogP contribution is -2.07. The van der Waals surface area contributed by atoms with Crippen molar-refractivity contribution in [2.45, 2.75) is 27.2 Å². The van der Waals surface area contributed by atoms with Gasteiger partial charge in [-0.2, -0.15) is 0 Å². The van der Waals surface area contributed by atoms with Crippen LogP contribution in [0.25, 0.3) is 31.6 Å². The highest BCUT2D eigenvalue weighted by molar-refractivity contribution is 7.22. The summed E-state index contributed by atoms with van der Waals surface area (Å²) >= 11 is 1.61. The van der Waals surface area contributed by atoms with Crippen molar-refractivity contribution in [1.82, 2.24) is 15.0 Å². The van der Waals surface area contributed by atoms with Gasteiger partial charge in [0.1, 0.15) is 18.0 Å². The number of amides is 1. The monoisotopic (exact) mass is 473 g/mol. The number of nitrogens with zero attached hydrogens (tertiary/aromatic N) is 2. The number of hydrogen-bond donors (Lipinski definition) is 3. The van der Waals surface area contributed by atoms with Crippen molar-refractivity contribution < 1.29 is 9.18 Å². The maximum Gasteiger partial charge on any atom is 0.221 e. The minimum Gasteiger partial charge on any atom is -0.368 e. The molecule has 5 rings (SSSR count). The fourth-order valence-electron chi connectivity index (χ4n) is 4.34. The maximum absolute atomic E-state index is 14.3. The van der Waals surface area contributed by atoms with E-state index in [0.717, 1.165) is 60.8 Å². The van der Waals surface area contributed by atoms with Crippen LogP contribution in [0.15, 0.2) is 48.8 Å². The van der Waals surface area contributed by atoms with E-state index in [2.05, 4.69) is 25.6 Å². The van der Waals surface area contributed by atoms with Crippen LogP contribution in [0.3, 0.4) is 0 Å². The summed E-state index contributed by atoms with van der Waals surface area (Å²) < 4.78 is 15.2. The largest absolute Gasteiger partial charge is 0.368 e. The average Bonchev–Trinajstić information content (AvgIpc) is 3.39. The summed E-state index contributed by atoms with van der Waals surface area (Å²) in [6, 6.07) is 13.1. The van der Waals surface area contributed by atoms with Gasteiger partial charge in [0, 0.05) is 35.1 Å². The number of benzene rings is 2. The van der Waals surface area contributed by atoms with Gasteiger partial charge in [0.05, 0.1) is 15.7 Å².